The molecule has 0 radical (unpaired) electrons. The van der Waals surface area contributed by atoms with Crippen LogP contribution in [-0.2, 0) is 14.9 Å². The van der Waals surface area contributed by atoms with Crippen LogP contribution in [0.1, 0.15) is 25.3 Å². The number of carbonyl (C=O) groups is 1. The Morgan fingerprint density at radius 1 is 1.40 bits per heavy atom. The minimum Gasteiger partial charge on any atom is -0.477 e. The van der Waals surface area contributed by atoms with Gasteiger partial charge in [-0.1, -0.05) is 18.2 Å². The fraction of sp³-hybridized carbons (Fsp3) is 0.562. The zero-order chi connectivity index (χ0) is 14.2. The van der Waals surface area contributed by atoms with Gasteiger partial charge in [-0.15, -0.1) is 0 Å². The third kappa shape index (κ3) is 1.99. The second-order valence-electron chi connectivity index (χ2n) is 5.71. The lowest BCUT2D eigenvalue weighted by atomic mass is 9.70. The fourth-order valence-electron chi connectivity index (χ4n) is 3.40. The Kier molecular flexibility index (Phi) is 3.42. The van der Waals surface area contributed by atoms with Crippen molar-refractivity contribution in [3.8, 4) is 5.75 Å². The quantitative estimate of drug-likeness (QED) is 0.774. The molecule has 0 saturated carbocycles. The van der Waals surface area contributed by atoms with E-state index in [2.05, 4.69) is 18.0 Å². The molecular formula is C16H21NO3. The smallest absolute Gasteiger partial charge is 0.348 e. The maximum Gasteiger partial charge on any atom is 0.348 e. The van der Waals surface area contributed by atoms with E-state index in [1.165, 1.54) is 5.56 Å². The van der Waals surface area contributed by atoms with Gasteiger partial charge < -0.3 is 14.4 Å². The number of likely N-dealkylation sites (tertiary alicyclic amines) is 1. The molecule has 0 N–H and O–H groups in total. The van der Waals surface area contributed by atoms with E-state index in [9.17, 15) is 4.79 Å². The van der Waals surface area contributed by atoms with Gasteiger partial charge in [0.05, 0.1) is 6.61 Å². The molecule has 1 aromatic rings. The molecule has 3 rings (SSSR count). The van der Waals surface area contributed by atoms with Crippen molar-refractivity contribution in [2.45, 2.75) is 31.3 Å². The Labute approximate surface area is 119 Å². The number of piperidine rings is 1. The Hall–Kier alpha value is -1.55. The van der Waals surface area contributed by atoms with E-state index in [0.29, 0.717) is 6.61 Å². The number of hydrogen-bond acceptors (Lipinski definition) is 4. The van der Waals surface area contributed by atoms with Crippen LogP contribution in [0.3, 0.4) is 0 Å². The highest BCUT2D eigenvalue weighted by Crippen LogP contribution is 2.49. The van der Waals surface area contributed by atoms with Crippen molar-refractivity contribution in [1.29, 1.82) is 0 Å². The van der Waals surface area contributed by atoms with Crippen LogP contribution in [-0.4, -0.2) is 43.7 Å². The molecule has 0 amide bonds. The van der Waals surface area contributed by atoms with Crippen molar-refractivity contribution >= 4 is 5.97 Å². The number of fused-ring (bicyclic) bond motifs is 2. The summed E-state index contributed by atoms with van der Waals surface area (Å²) in [6, 6.07) is 8.03. The SMILES string of the molecule is CCOC(=O)C1Oc2ccccc2C12CCN(C)CC2. The van der Waals surface area contributed by atoms with Gasteiger partial charge in [0.2, 0.25) is 6.10 Å². The molecule has 0 aromatic heterocycles. The number of rotatable bonds is 2. The van der Waals surface area contributed by atoms with Crippen LogP contribution < -0.4 is 4.74 Å². The summed E-state index contributed by atoms with van der Waals surface area (Å²) in [5.41, 5.74) is 0.959. The Morgan fingerprint density at radius 3 is 2.80 bits per heavy atom. The predicted octanol–water partition coefficient (Wildman–Crippen LogP) is 1.97. The van der Waals surface area contributed by atoms with Gasteiger partial charge in [0.1, 0.15) is 5.75 Å². The number of carbonyl (C=O) groups excluding carboxylic acids is 1. The standard InChI is InChI=1S/C16H21NO3/c1-3-19-15(18)14-16(8-10-17(2)11-9-16)12-6-4-5-7-13(12)20-14/h4-7,14H,3,8-11H2,1-2H3. The van der Waals surface area contributed by atoms with Crippen LogP contribution in [0.2, 0.25) is 0 Å². The third-order valence-corrected chi connectivity index (χ3v) is 4.55. The topological polar surface area (TPSA) is 38.8 Å². The van der Waals surface area contributed by atoms with Crippen molar-refractivity contribution in [2.24, 2.45) is 0 Å². The predicted molar refractivity (Wildman–Crippen MR) is 75.9 cm³/mol. The van der Waals surface area contributed by atoms with Gasteiger partial charge in [-0.05, 0) is 46.0 Å². The van der Waals surface area contributed by atoms with Crippen molar-refractivity contribution in [1.82, 2.24) is 4.90 Å². The zero-order valence-electron chi connectivity index (χ0n) is 12.1. The van der Waals surface area contributed by atoms with Gasteiger partial charge in [0.25, 0.3) is 0 Å². The largest absolute Gasteiger partial charge is 0.477 e. The Balaban J connectivity index is 1.98. The van der Waals surface area contributed by atoms with Crippen LogP contribution in [0.4, 0.5) is 0 Å². The summed E-state index contributed by atoms with van der Waals surface area (Å²) in [7, 11) is 2.12. The van der Waals surface area contributed by atoms with Crippen LogP contribution in [0.15, 0.2) is 24.3 Å². The highest BCUT2D eigenvalue weighted by molar-refractivity contribution is 5.79. The van der Waals surface area contributed by atoms with E-state index in [-0.39, 0.29) is 11.4 Å². The third-order valence-electron chi connectivity index (χ3n) is 4.55. The van der Waals surface area contributed by atoms with Gasteiger partial charge in [-0.25, -0.2) is 4.79 Å². The van der Waals surface area contributed by atoms with E-state index >= 15 is 0 Å². The number of para-hydroxylation sites is 1. The van der Waals surface area contributed by atoms with Gasteiger partial charge in [0, 0.05) is 11.0 Å². The molecule has 2 aliphatic rings. The van der Waals surface area contributed by atoms with Crippen LogP contribution in [0.25, 0.3) is 0 Å². The number of esters is 1. The highest BCUT2D eigenvalue weighted by Gasteiger charge is 2.53. The number of nitrogens with zero attached hydrogens (tertiary/aromatic N) is 1. The highest BCUT2D eigenvalue weighted by atomic mass is 16.6. The first-order valence-electron chi connectivity index (χ1n) is 7.29. The maximum absolute atomic E-state index is 12.3. The van der Waals surface area contributed by atoms with Gasteiger partial charge in [0.15, 0.2) is 0 Å². The first-order chi connectivity index (χ1) is 9.67. The lowest BCUT2D eigenvalue weighted by Crippen LogP contribution is -2.51. The molecule has 4 nitrogen and oxygen atoms in total. The molecule has 1 fully saturated rings. The molecular weight excluding hydrogens is 254 g/mol. The van der Waals surface area contributed by atoms with Gasteiger partial charge in [-0.3, -0.25) is 0 Å². The molecule has 0 bridgehead atoms. The van der Waals surface area contributed by atoms with E-state index < -0.39 is 6.10 Å². The molecule has 1 aromatic carbocycles. The monoisotopic (exact) mass is 275 g/mol. The number of benzene rings is 1. The second-order valence-corrected chi connectivity index (χ2v) is 5.71. The Morgan fingerprint density at radius 2 is 2.10 bits per heavy atom. The first-order valence-corrected chi connectivity index (χ1v) is 7.29. The van der Waals surface area contributed by atoms with Crippen molar-refractivity contribution in [3.05, 3.63) is 29.8 Å². The van der Waals surface area contributed by atoms with E-state index in [1.807, 2.05) is 25.1 Å². The summed E-state index contributed by atoms with van der Waals surface area (Å²) in [4.78, 5) is 14.6. The Bertz CT molecular complexity index is 506. The molecule has 1 unspecified atom stereocenters. The lowest BCUT2D eigenvalue weighted by Gasteiger charge is -2.39. The van der Waals surface area contributed by atoms with E-state index in [4.69, 9.17) is 9.47 Å². The molecule has 0 aliphatic carbocycles. The van der Waals surface area contributed by atoms with Gasteiger partial charge >= 0.3 is 5.97 Å². The molecule has 4 heteroatoms. The van der Waals surface area contributed by atoms with Crippen molar-refractivity contribution in [2.75, 3.05) is 26.7 Å². The van der Waals surface area contributed by atoms with E-state index in [0.717, 1.165) is 31.7 Å². The van der Waals surface area contributed by atoms with Crippen LogP contribution >= 0.6 is 0 Å². The zero-order valence-corrected chi connectivity index (χ0v) is 12.1. The summed E-state index contributed by atoms with van der Waals surface area (Å²) in [5, 5.41) is 0. The second kappa shape index (κ2) is 5.09. The number of ether oxygens (including phenoxy) is 2. The normalized spacial score (nSPS) is 24.2. The summed E-state index contributed by atoms with van der Waals surface area (Å²) in [5.74, 6) is 0.614. The minimum atomic E-state index is -0.492. The molecule has 2 aliphatic heterocycles. The van der Waals surface area contributed by atoms with Crippen LogP contribution in [0.5, 0.6) is 5.75 Å². The van der Waals surface area contributed by atoms with Crippen molar-refractivity contribution in [3.63, 3.8) is 0 Å². The number of hydrogen-bond donors (Lipinski definition) is 0. The maximum atomic E-state index is 12.3. The van der Waals surface area contributed by atoms with E-state index in [1.54, 1.807) is 0 Å². The average molecular weight is 275 g/mol. The van der Waals surface area contributed by atoms with Gasteiger partial charge in [-0.2, -0.15) is 0 Å². The van der Waals surface area contributed by atoms with Crippen molar-refractivity contribution < 1.29 is 14.3 Å². The molecule has 2 heterocycles. The minimum absolute atomic E-state index is 0.213. The summed E-state index contributed by atoms with van der Waals surface area (Å²) < 4.78 is 11.2. The summed E-state index contributed by atoms with van der Waals surface area (Å²) in [6.07, 6.45) is 1.38. The molecule has 1 spiro atoms. The lowest BCUT2D eigenvalue weighted by molar-refractivity contribution is -0.154. The van der Waals surface area contributed by atoms with Crippen LogP contribution in [0, 0.1) is 0 Å². The average Bonchev–Trinajstić information content (AvgIpc) is 2.78. The molecule has 20 heavy (non-hydrogen) atoms. The molecule has 1 saturated heterocycles. The molecule has 108 valence electrons. The summed E-state index contributed by atoms with van der Waals surface area (Å²) >= 11 is 0. The first kappa shape index (κ1) is 13.4. The summed E-state index contributed by atoms with van der Waals surface area (Å²) in [6.45, 7) is 4.19. The molecule has 1 atom stereocenters. The fourth-order valence-corrected chi connectivity index (χ4v) is 3.40.